The van der Waals surface area contributed by atoms with E-state index in [2.05, 4.69) is 12.2 Å². The van der Waals surface area contributed by atoms with Crippen LogP contribution in [0, 0.1) is 5.92 Å². The van der Waals surface area contributed by atoms with Crippen molar-refractivity contribution >= 4 is 0 Å². The van der Waals surface area contributed by atoms with Crippen LogP contribution in [0.4, 0.5) is 13.2 Å². The largest absolute Gasteiger partial charge is 0.393 e. The summed E-state index contributed by atoms with van der Waals surface area (Å²) in [4.78, 5) is 1.97. The molecule has 2 nitrogen and oxygen atoms in total. The molecule has 0 spiro atoms. The van der Waals surface area contributed by atoms with Gasteiger partial charge in [0.05, 0.1) is 5.92 Å². The molecule has 1 unspecified atom stereocenters. The molecule has 0 aromatic carbocycles. The lowest BCUT2D eigenvalue weighted by atomic mass is 9.97. The molecule has 17 heavy (non-hydrogen) atoms. The first kappa shape index (κ1) is 14.8. The number of hydrogen-bond donors (Lipinski definition) is 1. The van der Waals surface area contributed by atoms with E-state index in [0.717, 1.165) is 39.0 Å². The Labute approximate surface area is 102 Å². The molecule has 0 aromatic rings. The van der Waals surface area contributed by atoms with E-state index in [0.29, 0.717) is 12.8 Å². The van der Waals surface area contributed by atoms with Crippen molar-refractivity contribution in [3.05, 3.63) is 0 Å². The number of unbranched alkanes of at least 4 members (excludes halogenated alkanes) is 1. The van der Waals surface area contributed by atoms with Gasteiger partial charge < -0.3 is 10.2 Å². The average molecular weight is 252 g/mol. The van der Waals surface area contributed by atoms with Gasteiger partial charge in [-0.25, -0.2) is 0 Å². The van der Waals surface area contributed by atoms with Crippen molar-refractivity contribution < 1.29 is 13.2 Å². The van der Waals surface area contributed by atoms with Crippen LogP contribution in [0.5, 0.6) is 0 Å². The molecule has 1 N–H and O–H groups in total. The van der Waals surface area contributed by atoms with Gasteiger partial charge in [-0.15, -0.1) is 0 Å². The summed E-state index contributed by atoms with van der Waals surface area (Å²) in [7, 11) is 0. The predicted molar refractivity (Wildman–Crippen MR) is 63.0 cm³/mol. The number of nitrogens with zero attached hydrogens (tertiary/aromatic N) is 1. The number of hydrogen-bond acceptors (Lipinski definition) is 2. The van der Waals surface area contributed by atoms with Crippen molar-refractivity contribution in [3.63, 3.8) is 0 Å². The summed E-state index contributed by atoms with van der Waals surface area (Å²) in [6.45, 7) is 5.81. The van der Waals surface area contributed by atoms with E-state index in [-0.39, 0.29) is 6.54 Å². The molecule has 0 aliphatic carbocycles. The first-order valence-corrected chi connectivity index (χ1v) is 6.54. The summed E-state index contributed by atoms with van der Waals surface area (Å²) in [5.41, 5.74) is 0. The van der Waals surface area contributed by atoms with E-state index in [1.807, 2.05) is 4.90 Å². The second kappa shape index (κ2) is 7.21. The molecule has 1 aliphatic heterocycles. The molecule has 1 rings (SSSR count). The first-order chi connectivity index (χ1) is 8.04. The topological polar surface area (TPSA) is 15.3 Å². The zero-order valence-corrected chi connectivity index (χ0v) is 10.5. The molecule has 0 aromatic heterocycles. The fourth-order valence-corrected chi connectivity index (χ4v) is 2.29. The zero-order chi connectivity index (χ0) is 12.7. The van der Waals surface area contributed by atoms with Gasteiger partial charge in [0.1, 0.15) is 0 Å². The average Bonchev–Trinajstić information content (AvgIpc) is 2.28. The van der Waals surface area contributed by atoms with Gasteiger partial charge in [0.15, 0.2) is 0 Å². The van der Waals surface area contributed by atoms with Crippen molar-refractivity contribution in [1.82, 2.24) is 10.2 Å². The van der Waals surface area contributed by atoms with Crippen molar-refractivity contribution in [1.29, 1.82) is 0 Å². The summed E-state index contributed by atoms with van der Waals surface area (Å²) < 4.78 is 37.7. The van der Waals surface area contributed by atoms with Crippen molar-refractivity contribution in [3.8, 4) is 0 Å². The van der Waals surface area contributed by atoms with Gasteiger partial charge in [0.25, 0.3) is 0 Å². The van der Waals surface area contributed by atoms with Crippen molar-refractivity contribution in [2.75, 3.05) is 32.7 Å². The summed E-state index contributed by atoms with van der Waals surface area (Å²) >= 11 is 0. The Kier molecular flexibility index (Phi) is 6.27. The first-order valence-electron chi connectivity index (χ1n) is 6.54. The lowest BCUT2D eigenvalue weighted by molar-refractivity contribution is -0.186. The maximum atomic E-state index is 12.6. The minimum Gasteiger partial charge on any atom is -0.317 e. The van der Waals surface area contributed by atoms with Crippen LogP contribution >= 0.6 is 0 Å². The van der Waals surface area contributed by atoms with Gasteiger partial charge in [-0.3, -0.25) is 0 Å². The van der Waals surface area contributed by atoms with Gasteiger partial charge >= 0.3 is 6.18 Å². The van der Waals surface area contributed by atoms with Gasteiger partial charge in [0.2, 0.25) is 0 Å². The highest BCUT2D eigenvalue weighted by Gasteiger charge is 2.41. The molecule has 1 heterocycles. The molecule has 0 radical (unpaired) electrons. The zero-order valence-electron chi connectivity index (χ0n) is 10.5. The second-order valence-electron chi connectivity index (χ2n) is 4.74. The third kappa shape index (κ3) is 5.73. The van der Waals surface area contributed by atoms with E-state index in [9.17, 15) is 13.2 Å². The van der Waals surface area contributed by atoms with Crippen LogP contribution in [0.2, 0.25) is 0 Å². The van der Waals surface area contributed by atoms with Gasteiger partial charge in [-0.2, -0.15) is 13.2 Å². The molecule has 1 saturated heterocycles. The van der Waals surface area contributed by atoms with Crippen molar-refractivity contribution in [2.24, 2.45) is 5.92 Å². The Morgan fingerprint density at radius 2 is 2.06 bits per heavy atom. The Hall–Kier alpha value is -0.290. The van der Waals surface area contributed by atoms with Crippen LogP contribution in [0.1, 0.15) is 32.6 Å². The highest BCUT2D eigenvalue weighted by Crippen LogP contribution is 2.33. The third-order valence-electron chi connectivity index (χ3n) is 3.30. The normalized spacial score (nSPS) is 22.9. The van der Waals surface area contributed by atoms with Crippen LogP contribution in [-0.2, 0) is 0 Å². The van der Waals surface area contributed by atoms with E-state index in [4.69, 9.17) is 0 Å². The Morgan fingerprint density at radius 1 is 1.29 bits per heavy atom. The van der Waals surface area contributed by atoms with E-state index in [1.165, 1.54) is 0 Å². The number of rotatable bonds is 6. The van der Waals surface area contributed by atoms with Crippen LogP contribution in [0.3, 0.4) is 0 Å². The van der Waals surface area contributed by atoms with Gasteiger partial charge in [0, 0.05) is 6.54 Å². The maximum absolute atomic E-state index is 12.6. The third-order valence-corrected chi connectivity index (χ3v) is 3.30. The molecule has 1 atom stereocenters. The molecular formula is C12H23F3N2. The lowest BCUT2D eigenvalue weighted by Crippen LogP contribution is -2.42. The fourth-order valence-electron chi connectivity index (χ4n) is 2.29. The highest BCUT2D eigenvalue weighted by molar-refractivity contribution is 4.77. The van der Waals surface area contributed by atoms with E-state index in [1.54, 1.807) is 0 Å². The number of halogens is 3. The van der Waals surface area contributed by atoms with Crippen molar-refractivity contribution in [2.45, 2.75) is 38.8 Å². The molecule has 102 valence electrons. The molecule has 0 bridgehead atoms. The SMILES string of the molecule is CCNCCCCN1CCCC(C(F)(F)F)C1. The lowest BCUT2D eigenvalue weighted by Gasteiger charge is -2.33. The number of piperidine rings is 1. The van der Waals surface area contributed by atoms with Crippen LogP contribution < -0.4 is 5.32 Å². The summed E-state index contributed by atoms with van der Waals surface area (Å²) in [5.74, 6) is -1.11. The monoisotopic (exact) mass is 252 g/mol. The van der Waals surface area contributed by atoms with Crippen LogP contribution in [0.15, 0.2) is 0 Å². The number of alkyl halides is 3. The Balaban J connectivity index is 2.17. The predicted octanol–water partition coefficient (Wildman–Crippen LogP) is 2.65. The minimum atomic E-state index is -4.01. The fraction of sp³-hybridized carbons (Fsp3) is 1.00. The minimum absolute atomic E-state index is 0.199. The Morgan fingerprint density at radius 3 is 2.71 bits per heavy atom. The molecular weight excluding hydrogens is 229 g/mol. The highest BCUT2D eigenvalue weighted by atomic mass is 19.4. The maximum Gasteiger partial charge on any atom is 0.393 e. The molecule has 0 amide bonds. The number of nitrogens with one attached hydrogen (secondary N) is 1. The summed E-state index contributed by atoms with van der Waals surface area (Å²) in [5, 5.41) is 3.22. The summed E-state index contributed by atoms with van der Waals surface area (Å²) in [6, 6.07) is 0. The molecule has 1 fully saturated rings. The van der Waals surface area contributed by atoms with E-state index < -0.39 is 12.1 Å². The van der Waals surface area contributed by atoms with E-state index >= 15 is 0 Å². The molecule has 0 saturated carbocycles. The van der Waals surface area contributed by atoms with Gasteiger partial charge in [-0.1, -0.05) is 6.92 Å². The van der Waals surface area contributed by atoms with Gasteiger partial charge in [-0.05, 0) is 51.9 Å². The smallest absolute Gasteiger partial charge is 0.317 e. The molecule has 1 aliphatic rings. The van der Waals surface area contributed by atoms with Crippen LogP contribution in [0.25, 0.3) is 0 Å². The quantitative estimate of drug-likeness (QED) is 0.731. The number of likely N-dealkylation sites (tertiary alicyclic amines) is 1. The second-order valence-corrected chi connectivity index (χ2v) is 4.74. The Bertz CT molecular complexity index is 206. The summed E-state index contributed by atoms with van der Waals surface area (Å²) in [6.07, 6.45) is -1.00. The standard InChI is InChI=1S/C12H23F3N2/c1-2-16-7-3-4-8-17-9-5-6-11(10-17)12(13,14)15/h11,16H,2-10H2,1H3. The molecule has 5 heteroatoms. The van der Waals surface area contributed by atoms with Crippen LogP contribution in [-0.4, -0.2) is 43.8 Å².